The van der Waals surface area contributed by atoms with Gasteiger partial charge in [-0.3, -0.25) is 4.90 Å². The second-order valence-corrected chi connectivity index (χ2v) is 8.63. The van der Waals surface area contributed by atoms with E-state index in [4.69, 9.17) is 9.73 Å². The van der Waals surface area contributed by atoms with E-state index in [2.05, 4.69) is 34.4 Å². The second kappa shape index (κ2) is 13.2. The highest BCUT2D eigenvalue weighted by atomic mass is 127. The van der Waals surface area contributed by atoms with Gasteiger partial charge in [-0.2, -0.15) is 0 Å². The normalized spacial score (nSPS) is 15.4. The molecule has 0 bridgehead atoms. The number of aryl methyl sites for hydroxylation is 1. The molecule has 3 rings (SSSR count). The lowest BCUT2D eigenvalue weighted by Crippen LogP contribution is -2.48. The summed E-state index contributed by atoms with van der Waals surface area (Å²) in [5.41, 5.74) is 0.976. The van der Waals surface area contributed by atoms with Gasteiger partial charge in [-0.1, -0.05) is 13.0 Å². The number of likely N-dealkylation sites (tertiary alicyclic amines) is 1. The van der Waals surface area contributed by atoms with E-state index in [1.807, 2.05) is 12.3 Å². The Balaban J connectivity index is 0.00000341. The molecule has 2 aromatic rings. The maximum Gasteiger partial charge on any atom is 0.191 e. The van der Waals surface area contributed by atoms with Gasteiger partial charge in [-0.15, -0.1) is 35.3 Å². The number of hydrogen-bond donors (Lipinski definition) is 2. The summed E-state index contributed by atoms with van der Waals surface area (Å²) >= 11 is 1.73. The van der Waals surface area contributed by atoms with Crippen LogP contribution in [-0.2, 0) is 19.5 Å². The van der Waals surface area contributed by atoms with Gasteiger partial charge < -0.3 is 15.4 Å². The van der Waals surface area contributed by atoms with E-state index in [9.17, 15) is 4.39 Å². The van der Waals surface area contributed by atoms with E-state index < -0.39 is 0 Å². The molecule has 1 aliphatic heterocycles. The third kappa shape index (κ3) is 7.87. The first-order chi connectivity index (χ1) is 14.6. The minimum Gasteiger partial charge on any atom is -0.494 e. The third-order valence-electron chi connectivity index (χ3n) is 5.22. The van der Waals surface area contributed by atoms with Crippen LogP contribution in [0.15, 0.2) is 29.4 Å². The van der Waals surface area contributed by atoms with Crippen molar-refractivity contribution in [3.63, 3.8) is 0 Å². The molecule has 2 heterocycles. The molecule has 1 aliphatic rings. The van der Waals surface area contributed by atoms with Crippen molar-refractivity contribution >= 4 is 41.3 Å². The zero-order valence-corrected chi connectivity index (χ0v) is 21.6. The van der Waals surface area contributed by atoms with Gasteiger partial charge in [0.15, 0.2) is 17.5 Å². The summed E-state index contributed by atoms with van der Waals surface area (Å²) < 4.78 is 18.9. The smallest absolute Gasteiger partial charge is 0.191 e. The van der Waals surface area contributed by atoms with Crippen molar-refractivity contribution in [3.05, 3.63) is 45.7 Å². The first-order valence-electron chi connectivity index (χ1n) is 10.6. The zero-order chi connectivity index (χ0) is 21.3. The van der Waals surface area contributed by atoms with E-state index >= 15 is 0 Å². The molecular formula is C22H33FIN5OS. The van der Waals surface area contributed by atoms with E-state index in [1.165, 1.54) is 12.0 Å². The number of hydrogen-bond acceptors (Lipinski definition) is 5. The molecule has 0 saturated carbocycles. The predicted octanol–water partition coefficient (Wildman–Crippen LogP) is 4.19. The molecule has 0 atom stereocenters. The van der Waals surface area contributed by atoms with E-state index in [-0.39, 0.29) is 29.8 Å². The molecule has 0 spiro atoms. The molecule has 1 aromatic heterocycles. The number of thiazole rings is 1. The number of aliphatic imine (C=N–C) groups is 1. The standard InChI is InChI=1S/C22H32FN5OS.HI/c1-4-18-13-25-21(30-18)14-26-22(24-5-2)27-17-8-10-28(11-9-17)15-16-6-7-20(29-3)19(23)12-16;/h6-7,12-13,17H,4-5,8-11,14-15H2,1-3H3,(H2,24,26,27);1H. The summed E-state index contributed by atoms with van der Waals surface area (Å²) in [6.45, 7) is 8.34. The number of rotatable bonds is 8. The van der Waals surface area contributed by atoms with Gasteiger partial charge in [0.25, 0.3) is 0 Å². The number of guanidine groups is 1. The monoisotopic (exact) mass is 561 g/mol. The number of nitrogens with zero attached hydrogens (tertiary/aromatic N) is 3. The van der Waals surface area contributed by atoms with Crippen LogP contribution in [0.5, 0.6) is 5.75 Å². The largest absolute Gasteiger partial charge is 0.494 e. The lowest BCUT2D eigenvalue weighted by molar-refractivity contribution is 0.198. The Labute approximate surface area is 205 Å². The van der Waals surface area contributed by atoms with Crippen LogP contribution in [0.3, 0.4) is 0 Å². The van der Waals surface area contributed by atoms with Crippen molar-refractivity contribution in [2.45, 2.75) is 52.2 Å². The number of ether oxygens (including phenoxy) is 1. The van der Waals surface area contributed by atoms with Gasteiger partial charge in [0, 0.05) is 43.3 Å². The highest BCUT2D eigenvalue weighted by Gasteiger charge is 2.20. The Morgan fingerprint density at radius 3 is 2.71 bits per heavy atom. The van der Waals surface area contributed by atoms with Gasteiger partial charge >= 0.3 is 0 Å². The topological polar surface area (TPSA) is 61.8 Å². The van der Waals surface area contributed by atoms with Crippen LogP contribution in [-0.4, -0.2) is 48.6 Å². The van der Waals surface area contributed by atoms with Gasteiger partial charge in [0.05, 0.1) is 13.7 Å². The molecule has 31 heavy (non-hydrogen) atoms. The fraction of sp³-hybridized carbons (Fsp3) is 0.545. The van der Waals surface area contributed by atoms with E-state index in [0.717, 1.165) is 62.0 Å². The predicted molar refractivity (Wildman–Crippen MR) is 136 cm³/mol. The Morgan fingerprint density at radius 1 is 1.32 bits per heavy atom. The Kier molecular flexibility index (Phi) is 11.0. The number of halogens is 2. The van der Waals surface area contributed by atoms with Crippen LogP contribution < -0.4 is 15.4 Å². The molecule has 0 aliphatic carbocycles. The van der Waals surface area contributed by atoms with Crippen molar-refractivity contribution in [2.75, 3.05) is 26.7 Å². The molecule has 9 heteroatoms. The molecule has 1 fully saturated rings. The molecule has 1 saturated heterocycles. The molecule has 6 nitrogen and oxygen atoms in total. The summed E-state index contributed by atoms with van der Waals surface area (Å²) in [6.07, 6.45) is 5.02. The Hall–Kier alpha value is -1.46. The van der Waals surface area contributed by atoms with Gasteiger partial charge in [0.1, 0.15) is 5.01 Å². The van der Waals surface area contributed by atoms with Crippen molar-refractivity contribution in [1.82, 2.24) is 20.5 Å². The molecular weight excluding hydrogens is 528 g/mol. The summed E-state index contributed by atoms with van der Waals surface area (Å²) in [4.78, 5) is 12.8. The van der Waals surface area contributed by atoms with E-state index in [1.54, 1.807) is 23.5 Å². The average Bonchev–Trinajstić information content (AvgIpc) is 3.22. The second-order valence-electron chi connectivity index (χ2n) is 7.43. The molecule has 0 amide bonds. The number of methoxy groups -OCH3 is 1. The summed E-state index contributed by atoms with van der Waals surface area (Å²) in [5, 5.41) is 7.95. The highest BCUT2D eigenvalue weighted by Crippen LogP contribution is 2.20. The van der Waals surface area contributed by atoms with Crippen LogP contribution in [0.25, 0.3) is 0 Å². The Morgan fingerprint density at radius 2 is 2.10 bits per heavy atom. The van der Waals surface area contributed by atoms with Crippen LogP contribution >= 0.6 is 35.3 Å². The van der Waals surface area contributed by atoms with Crippen LogP contribution in [0.4, 0.5) is 4.39 Å². The number of benzene rings is 1. The van der Waals surface area contributed by atoms with Crippen LogP contribution in [0, 0.1) is 5.82 Å². The van der Waals surface area contributed by atoms with Gasteiger partial charge in [-0.25, -0.2) is 14.4 Å². The number of nitrogens with one attached hydrogen (secondary N) is 2. The number of piperidine rings is 1. The lowest BCUT2D eigenvalue weighted by Gasteiger charge is -2.33. The van der Waals surface area contributed by atoms with Crippen molar-refractivity contribution in [3.8, 4) is 5.75 Å². The maximum absolute atomic E-state index is 13.9. The average molecular weight is 562 g/mol. The van der Waals surface area contributed by atoms with Gasteiger partial charge in [0.2, 0.25) is 0 Å². The van der Waals surface area contributed by atoms with Crippen LogP contribution in [0.1, 0.15) is 42.1 Å². The summed E-state index contributed by atoms with van der Waals surface area (Å²) in [6, 6.07) is 5.59. The minimum atomic E-state index is -0.302. The first kappa shape index (κ1) is 25.8. The maximum atomic E-state index is 13.9. The first-order valence-corrected chi connectivity index (χ1v) is 11.5. The molecule has 172 valence electrons. The fourth-order valence-corrected chi connectivity index (χ4v) is 4.33. The van der Waals surface area contributed by atoms with E-state index in [0.29, 0.717) is 18.3 Å². The summed E-state index contributed by atoms with van der Waals surface area (Å²) in [7, 11) is 1.49. The SMILES string of the molecule is CCNC(=NCc1ncc(CC)s1)NC1CCN(Cc2ccc(OC)c(F)c2)CC1.I. The van der Waals surface area contributed by atoms with Crippen molar-refractivity contribution in [1.29, 1.82) is 0 Å². The third-order valence-corrected chi connectivity index (χ3v) is 6.34. The quantitative estimate of drug-likeness (QED) is 0.288. The molecule has 1 aromatic carbocycles. The van der Waals surface area contributed by atoms with Crippen molar-refractivity contribution < 1.29 is 9.13 Å². The van der Waals surface area contributed by atoms with Crippen molar-refractivity contribution in [2.24, 2.45) is 4.99 Å². The zero-order valence-electron chi connectivity index (χ0n) is 18.5. The molecule has 0 unspecified atom stereocenters. The van der Waals surface area contributed by atoms with Gasteiger partial charge in [-0.05, 0) is 43.9 Å². The highest BCUT2D eigenvalue weighted by molar-refractivity contribution is 14.0. The lowest BCUT2D eigenvalue weighted by atomic mass is 10.0. The minimum absolute atomic E-state index is 0. The van der Waals surface area contributed by atoms with Crippen LogP contribution in [0.2, 0.25) is 0 Å². The summed E-state index contributed by atoms with van der Waals surface area (Å²) in [5.74, 6) is 0.839. The Bertz CT molecular complexity index is 839. The molecule has 2 N–H and O–H groups in total. The fourth-order valence-electron chi connectivity index (χ4n) is 3.55. The molecule has 0 radical (unpaired) electrons. The number of aromatic nitrogens is 1.